The minimum absolute atomic E-state index is 0.423. The van der Waals surface area contributed by atoms with E-state index in [1.54, 1.807) is 0 Å². The van der Waals surface area contributed by atoms with Gasteiger partial charge in [-0.2, -0.15) is 0 Å². The molecule has 0 spiro atoms. The normalized spacial score (nSPS) is 10.9. The molecule has 0 radical (unpaired) electrons. The molecule has 1 heterocycles. The first-order valence-corrected chi connectivity index (χ1v) is 12.0. The van der Waals surface area contributed by atoms with Crippen LogP contribution in [-0.4, -0.2) is 4.98 Å². The number of benzene rings is 3. The zero-order valence-electron chi connectivity index (χ0n) is 19.8. The van der Waals surface area contributed by atoms with Gasteiger partial charge in [-0.3, -0.25) is 0 Å². The third-order valence-electron chi connectivity index (χ3n) is 5.65. The molecular formula is C30H33NO3. The molecular weight excluding hydrogens is 422 g/mol. The third kappa shape index (κ3) is 6.75. The Morgan fingerprint density at radius 3 is 1.53 bits per heavy atom. The predicted molar refractivity (Wildman–Crippen MR) is 136 cm³/mol. The highest BCUT2D eigenvalue weighted by Gasteiger charge is 2.21. The van der Waals surface area contributed by atoms with Crippen molar-refractivity contribution in [1.82, 2.24) is 4.98 Å². The second kappa shape index (κ2) is 12.7. The van der Waals surface area contributed by atoms with Crippen molar-refractivity contribution in [1.29, 1.82) is 0 Å². The maximum atomic E-state index is 6.37. The topological polar surface area (TPSA) is 43.5 Å². The largest absolute Gasteiger partial charge is 0.483 e. The van der Waals surface area contributed by atoms with Gasteiger partial charge in [-0.15, -0.1) is 0 Å². The van der Waals surface area contributed by atoms with Crippen LogP contribution in [0.25, 0.3) is 0 Å². The van der Waals surface area contributed by atoms with Crippen LogP contribution in [0.2, 0.25) is 0 Å². The second-order valence-corrected chi connectivity index (χ2v) is 8.37. The summed E-state index contributed by atoms with van der Waals surface area (Å²) in [6.07, 6.45) is 3.09. The van der Waals surface area contributed by atoms with Gasteiger partial charge < -0.3 is 19.2 Å². The van der Waals surface area contributed by atoms with Gasteiger partial charge in [0, 0.05) is 0 Å². The molecule has 0 aliphatic rings. The number of aromatic amines is 1. The van der Waals surface area contributed by atoms with E-state index < -0.39 is 0 Å². The van der Waals surface area contributed by atoms with Crippen LogP contribution in [0, 0.1) is 0 Å². The number of rotatable bonds is 13. The Morgan fingerprint density at radius 2 is 1.03 bits per heavy atom. The minimum Gasteiger partial charge on any atom is -0.483 e. The van der Waals surface area contributed by atoms with E-state index in [1.165, 1.54) is 0 Å². The number of nitrogens with one attached hydrogen (secondary N) is 1. The number of hydrogen-bond acceptors (Lipinski definition) is 3. The molecule has 0 saturated carbocycles. The molecule has 0 unspecified atom stereocenters. The summed E-state index contributed by atoms with van der Waals surface area (Å²) in [7, 11) is 0. The maximum absolute atomic E-state index is 6.37. The first-order chi connectivity index (χ1) is 16.8. The Kier molecular flexibility index (Phi) is 8.81. The number of ether oxygens (including phenoxy) is 3. The van der Waals surface area contributed by atoms with Gasteiger partial charge in [0.05, 0.1) is 24.6 Å². The quantitative estimate of drug-likeness (QED) is 0.231. The van der Waals surface area contributed by atoms with Crippen molar-refractivity contribution in [3.63, 3.8) is 0 Å². The van der Waals surface area contributed by atoms with Crippen LogP contribution in [0.4, 0.5) is 0 Å². The van der Waals surface area contributed by atoms with E-state index in [0.29, 0.717) is 26.4 Å². The van der Waals surface area contributed by atoms with Crippen molar-refractivity contribution in [2.45, 2.75) is 52.6 Å². The van der Waals surface area contributed by atoms with E-state index in [-0.39, 0.29) is 0 Å². The highest BCUT2D eigenvalue weighted by atomic mass is 16.5. The standard InChI is InChI=1S/C30H33NO3/c1-2-3-19-27-29(33-21-25-15-9-5-10-16-25)30(34-22-26-17-11-6-12-18-26)28(31-27)23-32-20-24-13-7-4-8-14-24/h4-18,31H,2-3,19-23H2,1H3. The van der Waals surface area contributed by atoms with E-state index in [1.807, 2.05) is 54.6 Å². The molecule has 0 bridgehead atoms. The molecule has 0 amide bonds. The zero-order valence-corrected chi connectivity index (χ0v) is 19.8. The van der Waals surface area contributed by atoms with Crippen LogP contribution in [0.3, 0.4) is 0 Å². The SMILES string of the molecule is CCCCc1[nH]c(COCc2ccccc2)c(OCc2ccccc2)c1OCc1ccccc1. The molecule has 0 fully saturated rings. The van der Waals surface area contributed by atoms with Gasteiger partial charge >= 0.3 is 0 Å². The lowest BCUT2D eigenvalue weighted by molar-refractivity contribution is 0.102. The Balaban J connectivity index is 1.56. The summed E-state index contributed by atoms with van der Waals surface area (Å²) in [5.41, 5.74) is 5.37. The summed E-state index contributed by atoms with van der Waals surface area (Å²) >= 11 is 0. The summed E-state index contributed by atoms with van der Waals surface area (Å²) in [6, 6.07) is 30.7. The van der Waals surface area contributed by atoms with Gasteiger partial charge in [-0.05, 0) is 29.5 Å². The van der Waals surface area contributed by atoms with E-state index in [2.05, 4.69) is 48.3 Å². The molecule has 4 heteroatoms. The summed E-state index contributed by atoms with van der Waals surface area (Å²) in [5, 5.41) is 0. The molecule has 0 aliphatic heterocycles. The van der Waals surface area contributed by atoms with Gasteiger partial charge in [-0.25, -0.2) is 0 Å². The average Bonchev–Trinajstić information content (AvgIpc) is 3.22. The zero-order chi connectivity index (χ0) is 23.4. The fraction of sp³-hybridized carbons (Fsp3) is 0.267. The second-order valence-electron chi connectivity index (χ2n) is 8.37. The van der Waals surface area contributed by atoms with Crippen LogP contribution < -0.4 is 9.47 Å². The Labute approximate surface area is 202 Å². The minimum atomic E-state index is 0.423. The number of unbranched alkanes of at least 4 members (excludes halogenated alkanes) is 1. The van der Waals surface area contributed by atoms with Crippen LogP contribution in [0.1, 0.15) is 47.8 Å². The molecule has 4 rings (SSSR count). The molecule has 1 N–H and O–H groups in total. The number of H-pyrrole nitrogens is 1. The number of hydrogen-bond donors (Lipinski definition) is 1. The average molecular weight is 456 g/mol. The van der Waals surface area contributed by atoms with Crippen molar-refractivity contribution in [3.05, 3.63) is 119 Å². The highest BCUT2D eigenvalue weighted by Crippen LogP contribution is 2.38. The van der Waals surface area contributed by atoms with Crippen molar-refractivity contribution in [2.24, 2.45) is 0 Å². The lowest BCUT2D eigenvalue weighted by Crippen LogP contribution is -2.02. The van der Waals surface area contributed by atoms with Crippen molar-refractivity contribution in [2.75, 3.05) is 0 Å². The molecule has 0 aliphatic carbocycles. The van der Waals surface area contributed by atoms with Crippen molar-refractivity contribution in [3.8, 4) is 11.5 Å². The van der Waals surface area contributed by atoms with Gasteiger partial charge in [0.2, 0.25) is 0 Å². The van der Waals surface area contributed by atoms with Gasteiger partial charge in [0.25, 0.3) is 0 Å². The van der Waals surface area contributed by atoms with Crippen LogP contribution >= 0.6 is 0 Å². The Hall–Kier alpha value is -3.50. The molecule has 0 saturated heterocycles. The van der Waals surface area contributed by atoms with Crippen molar-refractivity contribution >= 4 is 0 Å². The summed E-state index contributed by atoms with van der Waals surface area (Å²) in [6.45, 7) is 4.13. The van der Waals surface area contributed by atoms with Gasteiger partial charge in [0.15, 0.2) is 11.5 Å². The van der Waals surface area contributed by atoms with Gasteiger partial charge in [-0.1, -0.05) is 104 Å². The molecule has 4 nitrogen and oxygen atoms in total. The van der Waals surface area contributed by atoms with E-state index in [4.69, 9.17) is 14.2 Å². The monoisotopic (exact) mass is 455 g/mol. The Bertz CT molecular complexity index is 1110. The summed E-state index contributed by atoms with van der Waals surface area (Å²) in [4.78, 5) is 3.57. The molecule has 1 aromatic heterocycles. The molecule has 0 atom stereocenters. The predicted octanol–water partition coefficient (Wildman–Crippen LogP) is 7.23. The molecule has 4 aromatic rings. The first kappa shape index (κ1) is 23.7. The number of aryl methyl sites for hydroxylation is 1. The highest BCUT2D eigenvalue weighted by molar-refractivity contribution is 5.49. The van der Waals surface area contributed by atoms with Crippen LogP contribution in [-0.2, 0) is 37.6 Å². The fourth-order valence-electron chi connectivity index (χ4n) is 3.81. The van der Waals surface area contributed by atoms with Crippen molar-refractivity contribution < 1.29 is 14.2 Å². The summed E-state index contributed by atoms with van der Waals surface area (Å²) < 4.78 is 18.8. The van der Waals surface area contributed by atoms with Crippen LogP contribution in [0.15, 0.2) is 91.0 Å². The number of aromatic nitrogens is 1. The van der Waals surface area contributed by atoms with E-state index in [9.17, 15) is 0 Å². The van der Waals surface area contributed by atoms with E-state index in [0.717, 1.165) is 58.8 Å². The smallest absolute Gasteiger partial charge is 0.185 e. The lowest BCUT2D eigenvalue weighted by atomic mass is 10.2. The Morgan fingerprint density at radius 1 is 0.559 bits per heavy atom. The maximum Gasteiger partial charge on any atom is 0.185 e. The third-order valence-corrected chi connectivity index (χ3v) is 5.65. The first-order valence-electron chi connectivity index (χ1n) is 12.0. The molecule has 3 aromatic carbocycles. The van der Waals surface area contributed by atoms with Crippen LogP contribution in [0.5, 0.6) is 11.5 Å². The van der Waals surface area contributed by atoms with E-state index >= 15 is 0 Å². The van der Waals surface area contributed by atoms with Gasteiger partial charge in [0.1, 0.15) is 13.2 Å². The molecule has 176 valence electrons. The fourth-order valence-corrected chi connectivity index (χ4v) is 3.81. The lowest BCUT2D eigenvalue weighted by Gasteiger charge is -2.13. The molecule has 34 heavy (non-hydrogen) atoms. The summed E-state index contributed by atoms with van der Waals surface area (Å²) in [5.74, 6) is 1.55.